The van der Waals surface area contributed by atoms with Crippen molar-refractivity contribution >= 4 is 18.4 Å². The maximum atomic E-state index is 12.0. The Balaban J connectivity index is 0.000000279. The van der Waals surface area contributed by atoms with Crippen LogP contribution in [0.5, 0.6) is 0 Å². The second-order valence-electron chi connectivity index (χ2n) is 16.2. The maximum Gasteiger partial charge on any atom is 0.519 e. The zero-order chi connectivity index (χ0) is 38.8. The standard InChI is InChI=1S/C18H27NO3.C13H19NO.C10H18O5/c1-18(2,3)22-17(20)19-15-11-7-8-12-16(15)21-13-14-9-5-4-6-10-14;14-12-8-4-5-9-13(12)15-10-11-6-2-1-3-7-11;1-9(2,3)14-7(11)13-8(12)15-10(4,5)6/h4-6,9-10,15-16H,7-8,11-13H2,1-3H3,(H,19,20);1-3,6-7,12-13H,4-5,8-10,14H2;1-6H3/t15-,16-;12-,13-;/m11./s1. The monoisotopic (exact) mass is 728 g/mol. The Labute approximate surface area is 311 Å². The first kappa shape index (κ1) is 44.5. The zero-order valence-corrected chi connectivity index (χ0v) is 32.9. The molecule has 0 aliphatic heterocycles. The highest BCUT2D eigenvalue weighted by atomic mass is 16.8. The first-order valence-electron chi connectivity index (χ1n) is 18.5. The van der Waals surface area contributed by atoms with Crippen molar-refractivity contribution in [2.45, 2.75) is 168 Å². The van der Waals surface area contributed by atoms with Gasteiger partial charge in [0.25, 0.3) is 0 Å². The lowest BCUT2D eigenvalue weighted by Gasteiger charge is -2.32. The summed E-state index contributed by atoms with van der Waals surface area (Å²) in [5, 5.41) is 2.98. The normalized spacial score (nSPS) is 20.4. The molecule has 0 bridgehead atoms. The minimum atomic E-state index is -1.06. The molecular weight excluding hydrogens is 664 g/mol. The topological polar surface area (TPSA) is 145 Å². The maximum absolute atomic E-state index is 12.0. The van der Waals surface area contributed by atoms with Crippen molar-refractivity contribution in [3.63, 3.8) is 0 Å². The second-order valence-corrected chi connectivity index (χ2v) is 16.2. The lowest BCUT2D eigenvalue weighted by atomic mass is 9.92. The lowest BCUT2D eigenvalue weighted by Crippen LogP contribution is -2.47. The Bertz CT molecular complexity index is 1290. The highest BCUT2D eigenvalue weighted by molar-refractivity contribution is 5.77. The summed E-state index contributed by atoms with van der Waals surface area (Å²) < 4.78 is 31.0. The SMILES string of the molecule is CC(C)(C)OC(=O)N[C@@H]1CCCC[C@H]1OCc1ccccc1.CC(C)(C)OC(=O)OC(=O)OC(C)(C)C.N[C@@H]1CCCC[C@H]1OCc1ccccc1. The minimum absolute atomic E-state index is 0.0345. The van der Waals surface area contributed by atoms with E-state index in [0.29, 0.717) is 13.2 Å². The van der Waals surface area contributed by atoms with Gasteiger partial charge in [0.05, 0.1) is 31.5 Å². The Hall–Kier alpha value is -3.67. The van der Waals surface area contributed by atoms with E-state index in [1.54, 1.807) is 41.5 Å². The molecule has 0 aromatic heterocycles. The molecule has 2 aromatic carbocycles. The van der Waals surface area contributed by atoms with Crippen LogP contribution >= 0.6 is 0 Å². The predicted octanol–water partition coefficient (Wildman–Crippen LogP) is 9.39. The third-order valence-electron chi connectivity index (χ3n) is 7.72. The van der Waals surface area contributed by atoms with Gasteiger partial charge in [0.15, 0.2) is 0 Å². The van der Waals surface area contributed by atoms with Gasteiger partial charge in [-0.05, 0) is 99.1 Å². The number of nitrogens with two attached hydrogens (primary N) is 1. The number of nitrogens with one attached hydrogen (secondary N) is 1. The van der Waals surface area contributed by atoms with E-state index in [0.717, 1.165) is 44.1 Å². The van der Waals surface area contributed by atoms with Crippen LogP contribution in [-0.2, 0) is 41.6 Å². The number of carbonyl (C=O) groups is 3. The molecule has 52 heavy (non-hydrogen) atoms. The Morgan fingerprint density at radius 2 is 1.00 bits per heavy atom. The molecule has 0 unspecified atom stereocenters. The smallest absolute Gasteiger partial charge is 0.444 e. The van der Waals surface area contributed by atoms with Gasteiger partial charge < -0.3 is 39.5 Å². The van der Waals surface area contributed by atoms with Gasteiger partial charge in [-0.3, -0.25) is 0 Å². The van der Waals surface area contributed by atoms with E-state index in [2.05, 4.69) is 34.3 Å². The Morgan fingerprint density at radius 3 is 1.44 bits per heavy atom. The van der Waals surface area contributed by atoms with Crippen molar-refractivity contribution in [1.29, 1.82) is 0 Å². The summed E-state index contributed by atoms with van der Waals surface area (Å²) >= 11 is 0. The molecule has 3 N–H and O–H groups in total. The summed E-state index contributed by atoms with van der Waals surface area (Å²) in [4.78, 5) is 34.0. The molecule has 11 heteroatoms. The fourth-order valence-corrected chi connectivity index (χ4v) is 5.42. The number of carbonyl (C=O) groups excluding carboxylic acids is 3. The molecule has 2 aliphatic rings. The first-order chi connectivity index (χ1) is 24.3. The fourth-order valence-electron chi connectivity index (χ4n) is 5.42. The van der Waals surface area contributed by atoms with Crippen molar-refractivity contribution < 1.29 is 42.8 Å². The summed E-state index contributed by atoms with van der Waals surface area (Å²) in [7, 11) is 0. The van der Waals surface area contributed by atoms with Crippen LogP contribution in [0, 0.1) is 0 Å². The van der Waals surface area contributed by atoms with Crippen LogP contribution < -0.4 is 11.1 Å². The number of alkyl carbamates (subject to hydrolysis) is 1. The third-order valence-corrected chi connectivity index (χ3v) is 7.72. The van der Waals surface area contributed by atoms with Crippen molar-refractivity contribution in [1.82, 2.24) is 5.32 Å². The average molecular weight is 729 g/mol. The van der Waals surface area contributed by atoms with Crippen LogP contribution in [0.2, 0.25) is 0 Å². The van der Waals surface area contributed by atoms with Crippen LogP contribution in [0.1, 0.15) is 125 Å². The molecule has 0 saturated heterocycles. The number of hydrogen-bond donors (Lipinski definition) is 2. The quantitative estimate of drug-likeness (QED) is 0.161. The third kappa shape index (κ3) is 21.0. The first-order valence-corrected chi connectivity index (χ1v) is 18.5. The largest absolute Gasteiger partial charge is 0.519 e. The van der Waals surface area contributed by atoms with Gasteiger partial charge in [0.1, 0.15) is 16.8 Å². The summed E-state index contributed by atoms with van der Waals surface area (Å²) in [6, 6.07) is 20.7. The van der Waals surface area contributed by atoms with Crippen LogP contribution in [-0.4, -0.2) is 59.5 Å². The second kappa shape index (κ2) is 21.8. The highest BCUT2D eigenvalue weighted by Gasteiger charge is 2.29. The van der Waals surface area contributed by atoms with E-state index < -0.39 is 29.1 Å². The van der Waals surface area contributed by atoms with E-state index in [9.17, 15) is 14.4 Å². The van der Waals surface area contributed by atoms with Crippen LogP contribution in [0.25, 0.3) is 0 Å². The van der Waals surface area contributed by atoms with Gasteiger partial charge in [-0.1, -0.05) is 86.3 Å². The molecule has 1 amide bonds. The summed E-state index contributed by atoms with van der Waals surface area (Å²) in [6.07, 6.45) is 6.78. The van der Waals surface area contributed by atoms with Gasteiger partial charge in [0.2, 0.25) is 0 Å². The Kier molecular flexibility index (Phi) is 18.6. The molecule has 2 aromatic rings. The fraction of sp³-hybridized carbons (Fsp3) is 0.634. The molecule has 292 valence electrons. The van der Waals surface area contributed by atoms with Crippen molar-refractivity contribution in [3.8, 4) is 0 Å². The van der Waals surface area contributed by atoms with E-state index in [1.165, 1.54) is 18.4 Å². The van der Waals surface area contributed by atoms with Gasteiger partial charge >= 0.3 is 18.4 Å². The molecule has 0 spiro atoms. The van der Waals surface area contributed by atoms with Gasteiger partial charge in [-0.2, -0.15) is 0 Å². The lowest BCUT2D eigenvalue weighted by molar-refractivity contribution is -0.0294. The number of amides is 1. The number of hydrogen-bond acceptors (Lipinski definition) is 10. The van der Waals surface area contributed by atoms with Gasteiger partial charge in [0, 0.05) is 6.04 Å². The highest BCUT2D eigenvalue weighted by Crippen LogP contribution is 2.23. The van der Waals surface area contributed by atoms with Crippen LogP contribution in [0.3, 0.4) is 0 Å². The van der Waals surface area contributed by atoms with E-state index in [-0.39, 0.29) is 30.4 Å². The van der Waals surface area contributed by atoms with Crippen molar-refractivity contribution in [2.75, 3.05) is 0 Å². The molecule has 2 aliphatic carbocycles. The van der Waals surface area contributed by atoms with Crippen LogP contribution in [0.4, 0.5) is 14.4 Å². The van der Waals surface area contributed by atoms with Gasteiger partial charge in [-0.25, -0.2) is 14.4 Å². The number of benzene rings is 2. The predicted molar refractivity (Wildman–Crippen MR) is 202 cm³/mol. The molecule has 4 rings (SSSR count). The molecule has 0 radical (unpaired) electrons. The molecule has 2 saturated carbocycles. The summed E-state index contributed by atoms with van der Waals surface area (Å²) in [5.74, 6) is 0. The summed E-state index contributed by atoms with van der Waals surface area (Å²) in [6.45, 7) is 16.9. The number of rotatable bonds is 7. The molecule has 4 atom stereocenters. The molecular formula is C41H64N2O9. The molecule has 11 nitrogen and oxygen atoms in total. The minimum Gasteiger partial charge on any atom is -0.444 e. The number of ether oxygens (including phenoxy) is 6. The van der Waals surface area contributed by atoms with E-state index >= 15 is 0 Å². The Morgan fingerprint density at radius 1 is 0.596 bits per heavy atom. The molecule has 2 fully saturated rings. The van der Waals surface area contributed by atoms with Crippen LogP contribution in [0.15, 0.2) is 60.7 Å². The van der Waals surface area contributed by atoms with E-state index in [1.807, 2.05) is 57.2 Å². The summed E-state index contributed by atoms with van der Waals surface area (Å²) in [5.41, 5.74) is 6.54. The van der Waals surface area contributed by atoms with E-state index in [4.69, 9.17) is 29.4 Å². The average Bonchev–Trinajstić information content (AvgIpc) is 3.03. The van der Waals surface area contributed by atoms with Crippen molar-refractivity contribution in [3.05, 3.63) is 71.8 Å². The van der Waals surface area contributed by atoms with Crippen molar-refractivity contribution in [2.24, 2.45) is 5.73 Å². The van der Waals surface area contributed by atoms with Gasteiger partial charge in [-0.15, -0.1) is 0 Å². The molecule has 0 heterocycles. The zero-order valence-electron chi connectivity index (χ0n) is 32.9.